The molecule has 0 radical (unpaired) electrons. The van der Waals surface area contributed by atoms with Gasteiger partial charge in [0, 0.05) is 11.1 Å². The third kappa shape index (κ3) is 2.54. The molecule has 3 heteroatoms. The van der Waals surface area contributed by atoms with Crippen LogP contribution in [0, 0.1) is 6.92 Å². The van der Waals surface area contributed by atoms with E-state index in [1.54, 1.807) is 18.2 Å². The predicted octanol–water partition coefficient (Wildman–Crippen LogP) is 3.80. The number of hydrogen-bond donors (Lipinski definition) is 1. The molecule has 0 spiro atoms. The molecule has 0 saturated heterocycles. The maximum absolute atomic E-state index is 12.8. The van der Waals surface area contributed by atoms with Gasteiger partial charge in [-0.2, -0.15) is 0 Å². The quantitative estimate of drug-likeness (QED) is 0.876. The number of fused-ring (bicyclic) bond motifs is 1. The van der Waals surface area contributed by atoms with E-state index in [0.717, 1.165) is 24.8 Å². The molecule has 0 fully saturated rings. The van der Waals surface area contributed by atoms with Crippen molar-refractivity contribution in [3.63, 3.8) is 0 Å². The van der Waals surface area contributed by atoms with Gasteiger partial charge in [0.15, 0.2) is 5.78 Å². The first-order valence-corrected chi connectivity index (χ1v) is 7.57. The summed E-state index contributed by atoms with van der Waals surface area (Å²) in [5.74, 6) is -1.27. The Morgan fingerprint density at radius 3 is 2.14 bits per heavy atom. The second kappa shape index (κ2) is 5.76. The van der Waals surface area contributed by atoms with Crippen molar-refractivity contribution in [2.45, 2.75) is 32.6 Å². The zero-order valence-electron chi connectivity index (χ0n) is 12.6. The van der Waals surface area contributed by atoms with Gasteiger partial charge >= 0.3 is 5.97 Å². The van der Waals surface area contributed by atoms with Crippen LogP contribution in [0.4, 0.5) is 0 Å². The Balaban J connectivity index is 2.08. The summed E-state index contributed by atoms with van der Waals surface area (Å²) >= 11 is 0. The molecule has 0 atom stereocenters. The summed E-state index contributed by atoms with van der Waals surface area (Å²) in [6, 6.07) is 10.5. The molecule has 3 nitrogen and oxygen atoms in total. The predicted molar refractivity (Wildman–Crippen MR) is 84.7 cm³/mol. The number of hydrogen-bond acceptors (Lipinski definition) is 2. The van der Waals surface area contributed by atoms with Gasteiger partial charge in [-0.1, -0.05) is 24.3 Å². The fourth-order valence-electron chi connectivity index (χ4n) is 3.17. The van der Waals surface area contributed by atoms with Crippen LogP contribution in [-0.4, -0.2) is 16.9 Å². The fourth-order valence-corrected chi connectivity index (χ4v) is 3.17. The van der Waals surface area contributed by atoms with Gasteiger partial charge in [0.2, 0.25) is 0 Å². The fraction of sp³-hybridized carbons (Fsp3) is 0.263. The van der Waals surface area contributed by atoms with Crippen LogP contribution in [0.25, 0.3) is 0 Å². The molecule has 1 aliphatic carbocycles. The van der Waals surface area contributed by atoms with Crippen LogP contribution >= 0.6 is 0 Å². The van der Waals surface area contributed by atoms with Gasteiger partial charge in [-0.3, -0.25) is 4.79 Å². The molecule has 3 rings (SSSR count). The summed E-state index contributed by atoms with van der Waals surface area (Å²) in [6.07, 6.45) is 4.41. The number of carbonyl (C=O) groups is 2. The average molecular weight is 294 g/mol. The Bertz CT molecular complexity index is 759. The highest BCUT2D eigenvalue weighted by Gasteiger charge is 2.21. The van der Waals surface area contributed by atoms with E-state index in [1.807, 2.05) is 13.0 Å². The molecule has 0 aliphatic heterocycles. The van der Waals surface area contributed by atoms with Gasteiger partial charge in [0.25, 0.3) is 0 Å². The summed E-state index contributed by atoms with van der Waals surface area (Å²) in [7, 11) is 0. The lowest BCUT2D eigenvalue weighted by Crippen LogP contribution is -2.13. The van der Waals surface area contributed by atoms with Gasteiger partial charge in [-0.25, -0.2) is 4.79 Å². The number of benzene rings is 2. The van der Waals surface area contributed by atoms with E-state index in [0.29, 0.717) is 5.56 Å². The highest BCUT2D eigenvalue weighted by Crippen LogP contribution is 2.26. The minimum absolute atomic E-state index is 0.0598. The van der Waals surface area contributed by atoms with Crippen LogP contribution < -0.4 is 0 Å². The topological polar surface area (TPSA) is 54.4 Å². The maximum Gasteiger partial charge on any atom is 0.336 e. The molecule has 2 aromatic carbocycles. The van der Waals surface area contributed by atoms with Crippen molar-refractivity contribution >= 4 is 11.8 Å². The lowest BCUT2D eigenvalue weighted by atomic mass is 9.86. The highest BCUT2D eigenvalue weighted by molar-refractivity contribution is 6.15. The van der Waals surface area contributed by atoms with E-state index in [-0.39, 0.29) is 16.9 Å². The smallest absolute Gasteiger partial charge is 0.336 e. The van der Waals surface area contributed by atoms with Crippen LogP contribution in [-0.2, 0) is 12.8 Å². The number of aromatic carboxylic acids is 1. The minimum atomic E-state index is -1.07. The van der Waals surface area contributed by atoms with Crippen molar-refractivity contribution < 1.29 is 14.7 Å². The van der Waals surface area contributed by atoms with Crippen LogP contribution in [0.3, 0.4) is 0 Å². The van der Waals surface area contributed by atoms with Crippen molar-refractivity contribution in [1.82, 2.24) is 0 Å². The van der Waals surface area contributed by atoms with Crippen molar-refractivity contribution in [2.75, 3.05) is 0 Å². The molecule has 22 heavy (non-hydrogen) atoms. The lowest BCUT2D eigenvalue weighted by molar-refractivity contribution is 0.0693. The molecule has 0 saturated carbocycles. The highest BCUT2D eigenvalue weighted by atomic mass is 16.4. The Labute approximate surface area is 129 Å². The van der Waals surface area contributed by atoms with Crippen molar-refractivity contribution in [2.24, 2.45) is 0 Å². The Morgan fingerprint density at radius 1 is 0.909 bits per heavy atom. The molecule has 0 aromatic heterocycles. The van der Waals surface area contributed by atoms with E-state index < -0.39 is 5.97 Å². The summed E-state index contributed by atoms with van der Waals surface area (Å²) in [4.78, 5) is 24.1. The van der Waals surface area contributed by atoms with Crippen molar-refractivity contribution in [1.29, 1.82) is 0 Å². The third-order valence-electron chi connectivity index (χ3n) is 4.34. The number of carboxylic acids is 1. The molecule has 2 aromatic rings. The number of carbonyl (C=O) groups excluding carboxylic acids is 1. The molecule has 112 valence electrons. The van der Waals surface area contributed by atoms with E-state index in [2.05, 4.69) is 6.07 Å². The number of aryl methyl sites for hydroxylation is 3. The first-order chi connectivity index (χ1) is 10.6. The zero-order chi connectivity index (χ0) is 15.7. The van der Waals surface area contributed by atoms with E-state index in [1.165, 1.54) is 23.6 Å². The Morgan fingerprint density at radius 2 is 1.50 bits per heavy atom. The normalized spacial score (nSPS) is 13.5. The van der Waals surface area contributed by atoms with Gasteiger partial charge in [-0.05, 0) is 61.4 Å². The van der Waals surface area contributed by atoms with Crippen LogP contribution in [0.2, 0.25) is 0 Å². The number of ketones is 1. The average Bonchev–Trinajstić information content (AvgIpc) is 2.53. The van der Waals surface area contributed by atoms with Gasteiger partial charge in [0.1, 0.15) is 0 Å². The molecule has 0 amide bonds. The molecule has 1 aliphatic rings. The zero-order valence-corrected chi connectivity index (χ0v) is 12.6. The monoisotopic (exact) mass is 294 g/mol. The Hall–Kier alpha value is -2.42. The van der Waals surface area contributed by atoms with Crippen molar-refractivity contribution in [3.05, 3.63) is 69.8 Å². The van der Waals surface area contributed by atoms with E-state index >= 15 is 0 Å². The largest absolute Gasteiger partial charge is 0.478 e. The SMILES string of the molecule is Cc1cc2c(cc1C(=O)c1ccccc1C(=O)O)CCCC2. The lowest BCUT2D eigenvalue weighted by Gasteiger charge is -2.18. The second-order valence-electron chi connectivity index (χ2n) is 5.82. The minimum Gasteiger partial charge on any atom is -0.478 e. The first-order valence-electron chi connectivity index (χ1n) is 7.57. The maximum atomic E-state index is 12.8. The summed E-state index contributed by atoms with van der Waals surface area (Å²) in [6.45, 7) is 1.92. The molecule has 0 bridgehead atoms. The van der Waals surface area contributed by atoms with Gasteiger partial charge in [0.05, 0.1) is 5.56 Å². The van der Waals surface area contributed by atoms with E-state index in [9.17, 15) is 14.7 Å². The van der Waals surface area contributed by atoms with E-state index in [4.69, 9.17) is 0 Å². The van der Waals surface area contributed by atoms with Gasteiger partial charge < -0.3 is 5.11 Å². The summed E-state index contributed by atoms with van der Waals surface area (Å²) in [5, 5.41) is 9.27. The van der Waals surface area contributed by atoms with Crippen LogP contribution in [0.5, 0.6) is 0 Å². The number of carboxylic acid groups (broad SMARTS) is 1. The molecule has 0 unspecified atom stereocenters. The summed E-state index contributed by atoms with van der Waals surface area (Å²) in [5.41, 5.74) is 4.42. The molecule has 0 heterocycles. The van der Waals surface area contributed by atoms with Crippen LogP contribution in [0.15, 0.2) is 36.4 Å². The Kier molecular flexibility index (Phi) is 3.80. The van der Waals surface area contributed by atoms with Crippen molar-refractivity contribution in [3.8, 4) is 0 Å². The first kappa shape index (κ1) is 14.5. The number of rotatable bonds is 3. The van der Waals surface area contributed by atoms with Gasteiger partial charge in [-0.15, -0.1) is 0 Å². The third-order valence-corrected chi connectivity index (χ3v) is 4.34. The van der Waals surface area contributed by atoms with Crippen LogP contribution in [0.1, 0.15) is 55.8 Å². The second-order valence-corrected chi connectivity index (χ2v) is 5.82. The molecule has 1 N–H and O–H groups in total. The molecular formula is C19H18O3. The standard InChI is InChI=1S/C19H18O3/c1-12-10-13-6-2-3-7-14(13)11-17(12)18(20)15-8-4-5-9-16(15)19(21)22/h4-5,8-11H,2-3,6-7H2,1H3,(H,21,22). The molecular weight excluding hydrogens is 276 g/mol. The summed E-state index contributed by atoms with van der Waals surface area (Å²) < 4.78 is 0.